The van der Waals surface area contributed by atoms with Crippen molar-refractivity contribution < 1.29 is 18.0 Å². The normalized spacial score (nSPS) is 20.2. The van der Waals surface area contributed by atoms with Crippen LogP contribution in [0.1, 0.15) is 47.6 Å². The second-order valence-corrected chi connectivity index (χ2v) is 10.7. The molecule has 0 spiro atoms. The van der Waals surface area contributed by atoms with Crippen LogP contribution in [0.5, 0.6) is 0 Å². The summed E-state index contributed by atoms with van der Waals surface area (Å²) in [6.45, 7) is 3.36. The maximum absolute atomic E-state index is 13.5. The van der Waals surface area contributed by atoms with Crippen LogP contribution in [-0.2, 0) is 26.0 Å². The molecule has 0 fully saturated rings. The van der Waals surface area contributed by atoms with Crippen molar-refractivity contribution in [1.29, 1.82) is 0 Å². The van der Waals surface area contributed by atoms with E-state index in [1.807, 2.05) is 18.2 Å². The number of sulfonamides is 1. The fourth-order valence-electron chi connectivity index (χ4n) is 4.42. The molecule has 33 heavy (non-hydrogen) atoms. The van der Waals surface area contributed by atoms with E-state index >= 15 is 0 Å². The third-order valence-electron chi connectivity index (χ3n) is 6.15. The quantitative estimate of drug-likeness (QED) is 0.674. The van der Waals surface area contributed by atoms with Gasteiger partial charge in [0.1, 0.15) is 6.04 Å². The number of hydrogen-bond acceptors (Lipinski definition) is 4. The Morgan fingerprint density at radius 3 is 2.76 bits per heavy atom. The SMILES string of the molecule is Cc1cc(S(=O)(=O)N2C=CNC(=O)[C@H]2CC(=O)N[C@@H]2CCCc3ccccc32)c(C)cc1Cl. The fraction of sp³-hybridized carbons (Fsp3) is 0.333. The summed E-state index contributed by atoms with van der Waals surface area (Å²) in [6.07, 6.45) is 4.97. The van der Waals surface area contributed by atoms with Gasteiger partial charge < -0.3 is 10.6 Å². The minimum atomic E-state index is -4.09. The molecule has 174 valence electrons. The third-order valence-corrected chi connectivity index (χ3v) is 8.49. The zero-order valence-corrected chi connectivity index (χ0v) is 20.0. The lowest BCUT2D eigenvalue weighted by atomic mass is 9.87. The average Bonchev–Trinajstić information content (AvgIpc) is 2.77. The van der Waals surface area contributed by atoms with Crippen molar-refractivity contribution >= 4 is 33.4 Å². The highest BCUT2D eigenvalue weighted by Crippen LogP contribution is 2.31. The molecule has 0 saturated heterocycles. The van der Waals surface area contributed by atoms with Gasteiger partial charge in [-0.3, -0.25) is 13.9 Å². The molecule has 0 radical (unpaired) electrons. The average molecular weight is 488 g/mol. The number of benzene rings is 2. The molecule has 4 rings (SSSR count). The summed E-state index contributed by atoms with van der Waals surface area (Å²) in [5.74, 6) is -0.931. The molecule has 1 aliphatic carbocycles. The first-order valence-electron chi connectivity index (χ1n) is 10.8. The van der Waals surface area contributed by atoms with Crippen molar-refractivity contribution in [2.45, 2.75) is 56.5 Å². The van der Waals surface area contributed by atoms with Crippen molar-refractivity contribution in [2.75, 3.05) is 0 Å². The van der Waals surface area contributed by atoms with Crippen molar-refractivity contribution in [3.8, 4) is 0 Å². The number of halogens is 1. The van der Waals surface area contributed by atoms with Crippen LogP contribution in [-0.4, -0.2) is 30.6 Å². The molecule has 2 amide bonds. The van der Waals surface area contributed by atoms with Crippen molar-refractivity contribution in [1.82, 2.24) is 14.9 Å². The minimum Gasteiger partial charge on any atom is -0.349 e. The number of fused-ring (bicyclic) bond motifs is 1. The van der Waals surface area contributed by atoms with Crippen LogP contribution in [0.2, 0.25) is 5.02 Å². The Balaban J connectivity index is 1.58. The van der Waals surface area contributed by atoms with Gasteiger partial charge in [0.25, 0.3) is 10.0 Å². The molecule has 2 N–H and O–H groups in total. The monoisotopic (exact) mass is 487 g/mol. The Hall–Kier alpha value is -2.84. The molecule has 1 aliphatic heterocycles. The Bertz CT molecular complexity index is 1240. The Morgan fingerprint density at radius 2 is 1.97 bits per heavy atom. The number of carbonyl (C=O) groups is 2. The largest absolute Gasteiger partial charge is 0.349 e. The molecule has 2 aromatic carbocycles. The van der Waals surface area contributed by atoms with Gasteiger partial charge in [-0.25, -0.2) is 8.42 Å². The Labute approximate surface area is 198 Å². The fourth-order valence-corrected chi connectivity index (χ4v) is 6.38. The van der Waals surface area contributed by atoms with E-state index < -0.39 is 22.0 Å². The summed E-state index contributed by atoms with van der Waals surface area (Å²) in [6, 6.07) is 9.68. The molecule has 9 heteroatoms. The van der Waals surface area contributed by atoms with Gasteiger partial charge in [0, 0.05) is 17.4 Å². The van der Waals surface area contributed by atoms with Gasteiger partial charge in [0.05, 0.1) is 17.4 Å². The van der Waals surface area contributed by atoms with E-state index in [1.54, 1.807) is 19.9 Å². The number of amides is 2. The highest BCUT2D eigenvalue weighted by Gasteiger charge is 2.38. The van der Waals surface area contributed by atoms with E-state index in [0.717, 1.165) is 29.1 Å². The Kier molecular flexibility index (Phi) is 6.50. The van der Waals surface area contributed by atoms with Gasteiger partial charge in [-0.2, -0.15) is 0 Å². The number of nitrogens with one attached hydrogen (secondary N) is 2. The third kappa shape index (κ3) is 4.63. The smallest absolute Gasteiger partial charge is 0.264 e. The van der Waals surface area contributed by atoms with Crippen LogP contribution in [0.4, 0.5) is 0 Å². The second kappa shape index (κ2) is 9.19. The summed E-state index contributed by atoms with van der Waals surface area (Å²) >= 11 is 6.13. The molecule has 0 bridgehead atoms. The van der Waals surface area contributed by atoms with Crippen molar-refractivity contribution in [3.63, 3.8) is 0 Å². The van der Waals surface area contributed by atoms with Gasteiger partial charge in [0.2, 0.25) is 11.8 Å². The van der Waals surface area contributed by atoms with Gasteiger partial charge in [-0.15, -0.1) is 0 Å². The number of aryl methyl sites for hydroxylation is 3. The maximum atomic E-state index is 13.5. The summed E-state index contributed by atoms with van der Waals surface area (Å²) < 4.78 is 27.9. The van der Waals surface area contributed by atoms with E-state index in [4.69, 9.17) is 11.6 Å². The first kappa shape index (κ1) is 23.3. The molecule has 0 saturated carbocycles. The van der Waals surface area contributed by atoms with Crippen LogP contribution < -0.4 is 10.6 Å². The number of rotatable bonds is 5. The van der Waals surface area contributed by atoms with E-state index in [2.05, 4.69) is 16.7 Å². The van der Waals surface area contributed by atoms with E-state index in [0.29, 0.717) is 16.1 Å². The van der Waals surface area contributed by atoms with E-state index in [9.17, 15) is 18.0 Å². The Morgan fingerprint density at radius 1 is 1.21 bits per heavy atom. The molecule has 1 heterocycles. The number of hydrogen-bond donors (Lipinski definition) is 2. The lowest BCUT2D eigenvalue weighted by Gasteiger charge is -2.32. The van der Waals surface area contributed by atoms with Crippen LogP contribution in [0, 0.1) is 13.8 Å². The molecule has 2 atom stereocenters. The van der Waals surface area contributed by atoms with Gasteiger partial charge >= 0.3 is 0 Å². The predicted molar refractivity (Wildman–Crippen MR) is 126 cm³/mol. The van der Waals surface area contributed by atoms with Crippen molar-refractivity contribution in [3.05, 3.63) is 76.1 Å². The first-order chi connectivity index (χ1) is 15.7. The van der Waals surface area contributed by atoms with Gasteiger partial charge in [0.15, 0.2) is 0 Å². The lowest BCUT2D eigenvalue weighted by Crippen LogP contribution is -2.51. The minimum absolute atomic E-state index is 0.0513. The highest BCUT2D eigenvalue weighted by molar-refractivity contribution is 7.89. The molecular weight excluding hydrogens is 462 g/mol. The standard InChI is InChI=1S/C24H26ClN3O4S/c1-15-13-22(16(2)12-19(15)25)33(31,32)28-11-10-26-24(30)21(28)14-23(29)27-20-9-5-7-17-6-3-4-8-18(17)20/h3-4,6,8,10-13,20-21H,5,7,9,14H2,1-2H3,(H,26,30)(H,27,29)/t20-,21-/m1/s1. The summed E-state index contributed by atoms with van der Waals surface area (Å²) in [7, 11) is -4.09. The van der Waals surface area contributed by atoms with Crippen LogP contribution in [0.3, 0.4) is 0 Å². The number of nitrogens with zero attached hydrogens (tertiary/aromatic N) is 1. The van der Waals surface area contributed by atoms with Crippen molar-refractivity contribution in [2.24, 2.45) is 0 Å². The topological polar surface area (TPSA) is 95.6 Å². The lowest BCUT2D eigenvalue weighted by molar-refractivity contribution is -0.129. The molecule has 2 aliphatic rings. The van der Waals surface area contributed by atoms with Gasteiger partial charge in [-0.1, -0.05) is 35.9 Å². The van der Waals surface area contributed by atoms with Crippen LogP contribution in [0.15, 0.2) is 53.7 Å². The van der Waals surface area contributed by atoms with Crippen LogP contribution in [0.25, 0.3) is 0 Å². The van der Waals surface area contributed by atoms with E-state index in [-0.39, 0.29) is 23.3 Å². The zero-order valence-electron chi connectivity index (χ0n) is 18.5. The van der Waals surface area contributed by atoms with Crippen LogP contribution >= 0.6 is 11.6 Å². The first-order valence-corrected chi connectivity index (χ1v) is 12.6. The summed E-state index contributed by atoms with van der Waals surface area (Å²) in [5.41, 5.74) is 3.34. The molecule has 0 aromatic heterocycles. The molecule has 0 unspecified atom stereocenters. The second-order valence-electron chi connectivity index (χ2n) is 8.46. The summed E-state index contributed by atoms with van der Waals surface area (Å²) in [5, 5.41) is 5.98. The number of carbonyl (C=O) groups excluding carboxylic acids is 2. The molecule has 7 nitrogen and oxygen atoms in total. The maximum Gasteiger partial charge on any atom is 0.264 e. The summed E-state index contributed by atoms with van der Waals surface area (Å²) in [4.78, 5) is 25.7. The highest BCUT2D eigenvalue weighted by atomic mass is 35.5. The van der Waals surface area contributed by atoms with E-state index in [1.165, 1.54) is 24.0 Å². The molecule has 2 aromatic rings. The predicted octanol–water partition coefficient (Wildman–Crippen LogP) is 3.50. The zero-order chi connectivity index (χ0) is 23.8. The molecular formula is C24H26ClN3O4S. The van der Waals surface area contributed by atoms with Gasteiger partial charge in [-0.05, 0) is 67.5 Å².